The molecule has 132 valence electrons. The Morgan fingerprint density at radius 1 is 1.16 bits per heavy atom. The molecule has 0 aliphatic rings. The molecular weight excluding hydrogens is 322 g/mol. The number of amides is 2. The Morgan fingerprint density at radius 3 is 2.64 bits per heavy atom. The number of benzene rings is 1. The molecular formula is C18H21N3O4. The van der Waals surface area contributed by atoms with Crippen LogP contribution in [0.1, 0.15) is 27.7 Å². The van der Waals surface area contributed by atoms with Gasteiger partial charge in [-0.2, -0.15) is 0 Å². The number of carbonyl (C=O) groups excluding carboxylic acids is 2. The van der Waals surface area contributed by atoms with E-state index in [9.17, 15) is 9.59 Å². The van der Waals surface area contributed by atoms with Crippen LogP contribution < -0.4 is 15.6 Å². The predicted octanol–water partition coefficient (Wildman–Crippen LogP) is 3.07. The number of carbonyl (C=O) groups is 2. The molecule has 1 heterocycles. The molecule has 0 bridgehead atoms. The van der Waals surface area contributed by atoms with Gasteiger partial charge in [0.2, 0.25) is 0 Å². The largest absolute Gasteiger partial charge is 0.477 e. The number of rotatable bonds is 4. The molecule has 0 unspecified atom stereocenters. The van der Waals surface area contributed by atoms with E-state index < -0.39 is 17.6 Å². The maximum atomic E-state index is 12.3. The number of hydrazine groups is 1. The Bertz CT molecular complexity index is 810. The summed E-state index contributed by atoms with van der Waals surface area (Å²) in [5.74, 6) is 0.423. The van der Waals surface area contributed by atoms with Gasteiger partial charge in [-0.15, -0.1) is 0 Å². The van der Waals surface area contributed by atoms with E-state index in [0.717, 1.165) is 10.9 Å². The minimum atomic E-state index is -1.23. The lowest BCUT2D eigenvalue weighted by molar-refractivity contribution is -0.135. The standard InChI is InChI=1S/C18H21N3O4/c1-5-12(2)24-17(23)21-20-16(22)18(3,4)25-15-10-6-9-14-13(15)8-7-11-19-14/h5-11H,1-4H3,(H,20,22)(H,21,23)/b12-5-. The lowest BCUT2D eigenvalue weighted by Crippen LogP contribution is -2.53. The van der Waals surface area contributed by atoms with Crippen LogP contribution in [0.25, 0.3) is 10.9 Å². The van der Waals surface area contributed by atoms with Crippen molar-refractivity contribution in [1.82, 2.24) is 15.8 Å². The third-order valence-electron chi connectivity index (χ3n) is 3.46. The third kappa shape index (κ3) is 4.69. The van der Waals surface area contributed by atoms with E-state index in [-0.39, 0.29) is 0 Å². The van der Waals surface area contributed by atoms with Crippen LogP contribution in [-0.4, -0.2) is 22.6 Å². The molecule has 7 heteroatoms. The molecule has 2 N–H and O–H groups in total. The quantitative estimate of drug-likeness (QED) is 0.658. The molecule has 7 nitrogen and oxygen atoms in total. The minimum Gasteiger partial charge on any atom is -0.477 e. The topological polar surface area (TPSA) is 89.6 Å². The summed E-state index contributed by atoms with van der Waals surface area (Å²) in [5.41, 5.74) is 4.01. The summed E-state index contributed by atoms with van der Waals surface area (Å²) < 4.78 is 10.7. The summed E-state index contributed by atoms with van der Waals surface area (Å²) in [6.45, 7) is 6.56. The molecule has 0 saturated carbocycles. The highest BCUT2D eigenvalue weighted by molar-refractivity contribution is 5.88. The highest BCUT2D eigenvalue weighted by Crippen LogP contribution is 2.27. The van der Waals surface area contributed by atoms with Crippen molar-refractivity contribution in [3.05, 3.63) is 48.4 Å². The molecule has 25 heavy (non-hydrogen) atoms. The lowest BCUT2D eigenvalue weighted by Gasteiger charge is -2.25. The van der Waals surface area contributed by atoms with Crippen LogP contribution in [0.3, 0.4) is 0 Å². The van der Waals surface area contributed by atoms with E-state index in [1.165, 1.54) is 0 Å². The van der Waals surface area contributed by atoms with Crippen molar-refractivity contribution in [2.45, 2.75) is 33.3 Å². The Hall–Kier alpha value is -3.09. The van der Waals surface area contributed by atoms with Gasteiger partial charge in [0.25, 0.3) is 5.91 Å². The summed E-state index contributed by atoms with van der Waals surface area (Å²) in [5, 5.41) is 0.793. The molecule has 1 aromatic carbocycles. The van der Waals surface area contributed by atoms with E-state index in [1.54, 1.807) is 58.2 Å². The van der Waals surface area contributed by atoms with Gasteiger partial charge in [0.05, 0.1) is 5.52 Å². The second-order valence-corrected chi connectivity index (χ2v) is 5.81. The molecule has 0 spiro atoms. The zero-order valence-corrected chi connectivity index (χ0v) is 14.6. The number of nitrogens with zero attached hydrogens (tertiary/aromatic N) is 1. The SMILES string of the molecule is C/C=C(/C)OC(=O)NNC(=O)C(C)(C)Oc1cccc2ncccc12. The summed E-state index contributed by atoms with van der Waals surface area (Å²) in [4.78, 5) is 28.1. The molecule has 0 fully saturated rings. The predicted molar refractivity (Wildman–Crippen MR) is 93.6 cm³/mol. The molecule has 0 saturated heterocycles. The van der Waals surface area contributed by atoms with Crippen molar-refractivity contribution in [3.63, 3.8) is 0 Å². The Morgan fingerprint density at radius 2 is 1.92 bits per heavy atom. The van der Waals surface area contributed by atoms with Gasteiger partial charge in [-0.05, 0) is 58.0 Å². The summed E-state index contributed by atoms with van der Waals surface area (Å²) in [6.07, 6.45) is 2.53. The number of fused-ring (bicyclic) bond motifs is 1. The van der Waals surface area contributed by atoms with Gasteiger partial charge in [-0.1, -0.05) is 6.07 Å². The van der Waals surface area contributed by atoms with Gasteiger partial charge in [0.15, 0.2) is 5.60 Å². The number of hydrogen-bond acceptors (Lipinski definition) is 5. The fraction of sp³-hybridized carbons (Fsp3) is 0.278. The number of pyridine rings is 1. The van der Waals surface area contributed by atoms with Gasteiger partial charge < -0.3 is 9.47 Å². The van der Waals surface area contributed by atoms with E-state index in [2.05, 4.69) is 15.8 Å². The lowest BCUT2D eigenvalue weighted by atomic mass is 10.1. The smallest absolute Gasteiger partial charge is 0.431 e. The van der Waals surface area contributed by atoms with E-state index in [1.807, 2.05) is 12.1 Å². The molecule has 1 aromatic heterocycles. The van der Waals surface area contributed by atoms with Crippen molar-refractivity contribution in [1.29, 1.82) is 0 Å². The molecule has 2 aromatic rings. The Kier molecular flexibility index (Phi) is 5.59. The second-order valence-electron chi connectivity index (χ2n) is 5.81. The fourth-order valence-corrected chi connectivity index (χ4v) is 1.97. The van der Waals surface area contributed by atoms with Crippen molar-refractivity contribution in [2.75, 3.05) is 0 Å². The molecule has 0 atom stereocenters. The monoisotopic (exact) mass is 343 g/mol. The Labute approximate surface area is 146 Å². The molecule has 0 aliphatic heterocycles. The summed E-state index contributed by atoms with van der Waals surface area (Å²) >= 11 is 0. The molecule has 0 aliphatic carbocycles. The zero-order valence-electron chi connectivity index (χ0n) is 14.6. The minimum absolute atomic E-state index is 0.422. The van der Waals surface area contributed by atoms with Crippen molar-refractivity contribution in [2.24, 2.45) is 0 Å². The first-order valence-electron chi connectivity index (χ1n) is 7.77. The van der Waals surface area contributed by atoms with Crippen LogP contribution in [0.15, 0.2) is 48.4 Å². The first kappa shape index (κ1) is 18.3. The molecule has 2 amide bonds. The van der Waals surface area contributed by atoms with Crippen molar-refractivity contribution in [3.8, 4) is 5.75 Å². The fourth-order valence-electron chi connectivity index (χ4n) is 1.97. The van der Waals surface area contributed by atoms with Crippen LogP contribution in [0.5, 0.6) is 5.75 Å². The summed E-state index contributed by atoms with van der Waals surface area (Å²) in [7, 11) is 0. The second kappa shape index (κ2) is 7.65. The van der Waals surface area contributed by atoms with Gasteiger partial charge in [-0.3, -0.25) is 15.2 Å². The Balaban J connectivity index is 2.05. The van der Waals surface area contributed by atoms with Gasteiger partial charge >= 0.3 is 6.09 Å². The van der Waals surface area contributed by atoms with Crippen LogP contribution in [0.4, 0.5) is 4.79 Å². The van der Waals surface area contributed by atoms with Crippen molar-refractivity contribution < 1.29 is 19.1 Å². The van der Waals surface area contributed by atoms with Crippen molar-refractivity contribution >= 4 is 22.9 Å². The first-order chi connectivity index (χ1) is 11.8. The third-order valence-corrected chi connectivity index (χ3v) is 3.46. The van der Waals surface area contributed by atoms with E-state index in [4.69, 9.17) is 9.47 Å². The van der Waals surface area contributed by atoms with Gasteiger partial charge in [0.1, 0.15) is 11.5 Å². The normalized spacial score (nSPS) is 11.8. The van der Waals surface area contributed by atoms with Crippen LogP contribution in [-0.2, 0) is 9.53 Å². The van der Waals surface area contributed by atoms with E-state index >= 15 is 0 Å². The van der Waals surface area contributed by atoms with E-state index in [0.29, 0.717) is 11.5 Å². The number of aromatic nitrogens is 1. The average molecular weight is 343 g/mol. The first-order valence-corrected chi connectivity index (χ1v) is 7.77. The van der Waals surface area contributed by atoms with Crippen LogP contribution in [0, 0.1) is 0 Å². The van der Waals surface area contributed by atoms with Gasteiger partial charge in [-0.25, -0.2) is 10.2 Å². The van der Waals surface area contributed by atoms with Gasteiger partial charge in [0, 0.05) is 11.6 Å². The summed E-state index contributed by atoms with van der Waals surface area (Å²) in [6, 6.07) is 9.07. The number of hydrogen-bond donors (Lipinski definition) is 2. The molecule has 0 radical (unpaired) electrons. The number of ether oxygens (including phenoxy) is 2. The zero-order chi connectivity index (χ0) is 18.4. The van der Waals surface area contributed by atoms with Crippen LogP contribution in [0.2, 0.25) is 0 Å². The van der Waals surface area contributed by atoms with Crippen LogP contribution >= 0.6 is 0 Å². The number of allylic oxidation sites excluding steroid dienone is 2. The maximum absolute atomic E-state index is 12.3. The average Bonchev–Trinajstić information content (AvgIpc) is 2.59. The highest BCUT2D eigenvalue weighted by Gasteiger charge is 2.31. The number of nitrogens with one attached hydrogen (secondary N) is 2. The highest BCUT2D eigenvalue weighted by atomic mass is 16.6. The maximum Gasteiger partial charge on any atom is 0.431 e. The molecule has 2 rings (SSSR count).